The largest absolute Gasteiger partial charge is 0.507 e. The minimum absolute atomic E-state index is 0.0451. The van der Waals surface area contributed by atoms with Gasteiger partial charge in [0.1, 0.15) is 17.3 Å². The van der Waals surface area contributed by atoms with Crippen molar-refractivity contribution in [2.45, 2.75) is 36.4 Å². The number of carbonyl (C=O) groups excluding carboxylic acids is 2. The van der Waals surface area contributed by atoms with Crippen LogP contribution >= 0.6 is 23.1 Å². The van der Waals surface area contributed by atoms with Crippen LogP contribution in [0.3, 0.4) is 0 Å². The number of thioether (sulfide) groups is 1. The highest BCUT2D eigenvalue weighted by Gasteiger charge is 2.48. The van der Waals surface area contributed by atoms with Crippen LogP contribution < -0.4 is 9.64 Å². The molecule has 1 aromatic heterocycles. The Kier molecular flexibility index (Phi) is 8.80. The molecular formula is C31H28FN3O4S2. The predicted molar refractivity (Wildman–Crippen MR) is 158 cm³/mol. The summed E-state index contributed by atoms with van der Waals surface area (Å²) in [7, 11) is 0. The number of aliphatic hydroxyl groups is 1. The van der Waals surface area contributed by atoms with E-state index >= 15 is 0 Å². The summed E-state index contributed by atoms with van der Waals surface area (Å²) in [4.78, 5) is 28.2. The molecule has 4 aromatic rings. The number of nitrogens with zero attached hydrogens (tertiary/aromatic N) is 3. The van der Waals surface area contributed by atoms with Gasteiger partial charge in [-0.3, -0.25) is 14.5 Å². The number of hydrogen-bond acceptors (Lipinski definition) is 8. The van der Waals surface area contributed by atoms with Crippen molar-refractivity contribution in [2.75, 3.05) is 11.5 Å². The highest BCUT2D eigenvalue weighted by Crippen LogP contribution is 2.44. The van der Waals surface area contributed by atoms with Crippen LogP contribution in [0.5, 0.6) is 5.75 Å². The topological polar surface area (TPSA) is 92.6 Å². The highest BCUT2D eigenvalue weighted by atomic mass is 32.2. The van der Waals surface area contributed by atoms with Gasteiger partial charge in [0.05, 0.1) is 18.2 Å². The molecule has 7 nitrogen and oxygen atoms in total. The number of hydrogen-bond donors (Lipinski definition) is 1. The Hall–Kier alpha value is -4.02. The molecule has 1 atom stereocenters. The number of aliphatic hydroxyl groups excluding tert-OH is 1. The van der Waals surface area contributed by atoms with Gasteiger partial charge in [0, 0.05) is 11.3 Å². The van der Waals surface area contributed by atoms with E-state index in [1.54, 1.807) is 66.7 Å². The van der Waals surface area contributed by atoms with Crippen LogP contribution in [0.4, 0.5) is 9.52 Å². The van der Waals surface area contributed by atoms with Crippen molar-refractivity contribution in [1.82, 2.24) is 10.2 Å². The molecule has 41 heavy (non-hydrogen) atoms. The van der Waals surface area contributed by atoms with Gasteiger partial charge < -0.3 is 9.84 Å². The van der Waals surface area contributed by atoms with Crippen molar-refractivity contribution >= 4 is 45.7 Å². The monoisotopic (exact) mass is 589 g/mol. The number of Topliss-reactive ketones (excluding diaryl/α,β-unsaturated/α-hetero) is 1. The molecule has 1 saturated heterocycles. The number of ether oxygens (including phenoxy) is 1. The smallest absolute Gasteiger partial charge is 0.301 e. The molecule has 1 unspecified atom stereocenters. The molecule has 1 aliphatic heterocycles. The van der Waals surface area contributed by atoms with Gasteiger partial charge in [-0.15, -0.1) is 10.2 Å². The van der Waals surface area contributed by atoms with E-state index in [1.165, 1.54) is 22.7 Å². The molecule has 0 spiro atoms. The molecule has 1 N–H and O–H groups in total. The molecule has 1 fully saturated rings. The average molecular weight is 590 g/mol. The second-order valence-electron chi connectivity index (χ2n) is 9.87. The normalized spacial score (nSPS) is 16.5. The van der Waals surface area contributed by atoms with Crippen molar-refractivity contribution in [3.63, 3.8) is 0 Å². The summed E-state index contributed by atoms with van der Waals surface area (Å²) < 4.78 is 20.6. The highest BCUT2D eigenvalue weighted by molar-refractivity contribution is 8.00. The third kappa shape index (κ3) is 6.34. The maximum Gasteiger partial charge on any atom is 0.301 e. The Morgan fingerprint density at radius 1 is 1.05 bits per heavy atom. The van der Waals surface area contributed by atoms with E-state index in [1.807, 2.05) is 6.07 Å². The summed E-state index contributed by atoms with van der Waals surface area (Å²) in [5.41, 5.74) is 1.47. The van der Waals surface area contributed by atoms with Gasteiger partial charge in [-0.1, -0.05) is 97.6 Å². The Labute approximate surface area is 245 Å². The number of aromatic nitrogens is 2. The van der Waals surface area contributed by atoms with Crippen molar-refractivity contribution in [2.24, 2.45) is 5.92 Å². The fourth-order valence-corrected chi connectivity index (χ4v) is 6.25. The Morgan fingerprint density at radius 2 is 1.80 bits per heavy atom. The zero-order valence-corrected chi connectivity index (χ0v) is 24.1. The summed E-state index contributed by atoms with van der Waals surface area (Å²) >= 11 is 2.41. The van der Waals surface area contributed by atoms with Gasteiger partial charge in [0.2, 0.25) is 5.13 Å². The molecule has 1 aliphatic rings. The van der Waals surface area contributed by atoms with E-state index in [0.717, 1.165) is 17.8 Å². The van der Waals surface area contributed by atoms with Gasteiger partial charge >= 0.3 is 5.91 Å². The van der Waals surface area contributed by atoms with Crippen molar-refractivity contribution < 1.29 is 23.8 Å². The molecule has 0 saturated carbocycles. The SMILES string of the molecule is CC(C)CCOc1cccc(C2C(=C(O)c3ccccc3)C(=O)C(=O)N2c2nnc(SCc3ccccc3F)s2)c1. The Balaban J connectivity index is 1.52. The van der Waals surface area contributed by atoms with Crippen molar-refractivity contribution in [3.05, 3.63) is 107 Å². The minimum Gasteiger partial charge on any atom is -0.507 e. The zero-order valence-electron chi connectivity index (χ0n) is 22.5. The molecule has 2 heterocycles. The summed E-state index contributed by atoms with van der Waals surface area (Å²) in [5, 5.41) is 19.9. The average Bonchev–Trinajstić information content (AvgIpc) is 3.54. The van der Waals surface area contributed by atoms with E-state index in [4.69, 9.17) is 4.74 Å². The molecule has 10 heteroatoms. The molecule has 0 bridgehead atoms. The number of carbonyl (C=O) groups is 2. The van der Waals surface area contributed by atoms with Gasteiger partial charge in [-0.05, 0) is 41.7 Å². The van der Waals surface area contributed by atoms with E-state index in [2.05, 4.69) is 24.0 Å². The van der Waals surface area contributed by atoms with E-state index < -0.39 is 17.7 Å². The van der Waals surface area contributed by atoms with Crippen LogP contribution in [-0.2, 0) is 15.3 Å². The first kappa shape index (κ1) is 28.5. The number of rotatable bonds is 10. The molecule has 210 valence electrons. The van der Waals surface area contributed by atoms with Crippen LogP contribution in [0.2, 0.25) is 0 Å². The quantitative estimate of drug-likeness (QED) is 0.0699. The molecule has 5 rings (SSSR count). The van der Waals surface area contributed by atoms with E-state index in [-0.39, 0.29) is 22.3 Å². The first-order chi connectivity index (χ1) is 19.8. The number of amides is 1. The number of benzene rings is 3. The third-order valence-electron chi connectivity index (χ3n) is 6.54. The van der Waals surface area contributed by atoms with E-state index in [9.17, 15) is 19.1 Å². The van der Waals surface area contributed by atoms with Crippen molar-refractivity contribution in [3.8, 4) is 5.75 Å². The first-order valence-corrected chi connectivity index (χ1v) is 14.9. The molecule has 0 radical (unpaired) electrons. The lowest BCUT2D eigenvalue weighted by Gasteiger charge is -2.23. The molecule has 1 amide bonds. The number of ketones is 1. The van der Waals surface area contributed by atoms with Crippen LogP contribution in [0.1, 0.15) is 43.0 Å². The summed E-state index contributed by atoms with van der Waals surface area (Å²) in [5.74, 6) is -0.842. The number of halogens is 1. The van der Waals surface area contributed by atoms with E-state index in [0.29, 0.717) is 45.1 Å². The fourth-order valence-electron chi connectivity index (χ4n) is 4.40. The lowest BCUT2D eigenvalue weighted by atomic mass is 9.95. The predicted octanol–water partition coefficient (Wildman–Crippen LogP) is 7.02. The lowest BCUT2D eigenvalue weighted by molar-refractivity contribution is -0.132. The summed E-state index contributed by atoms with van der Waals surface area (Å²) in [6.07, 6.45) is 0.870. The minimum atomic E-state index is -0.957. The second kappa shape index (κ2) is 12.7. The van der Waals surface area contributed by atoms with Gasteiger partial charge in [-0.25, -0.2) is 4.39 Å². The van der Waals surface area contributed by atoms with Gasteiger partial charge in [-0.2, -0.15) is 0 Å². The molecular weight excluding hydrogens is 561 g/mol. The Bertz CT molecular complexity index is 1590. The van der Waals surface area contributed by atoms with Crippen LogP contribution in [0.15, 0.2) is 88.8 Å². The van der Waals surface area contributed by atoms with Crippen LogP contribution in [0.25, 0.3) is 5.76 Å². The van der Waals surface area contributed by atoms with Gasteiger partial charge in [0.25, 0.3) is 5.78 Å². The third-order valence-corrected chi connectivity index (χ3v) is 8.64. The maximum absolute atomic E-state index is 14.1. The second-order valence-corrected chi connectivity index (χ2v) is 12.0. The Morgan fingerprint density at radius 3 is 2.56 bits per heavy atom. The summed E-state index contributed by atoms with van der Waals surface area (Å²) in [6.45, 7) is 4.74. The maximum atomic E-state index is 14.1. The van der Waals surface area contributed by atoms with Crippen LogP contribution in [-0.4, -0.2) is 33.6 Å². The molecule has 3 aromatic carbocycles. The zero-order chi connectivity index (χ0) is 28.9. The lowest BCUT2D eigenvalue weighted by Crippen LogP contribution is -2.29. The fraction of sp³-hybridized carbons (Fsp3) is 0.226. The summed E-state index contributed by atoms with van der Waals surface area (Å²) in [6, 6.07) is 21.3. The van der Waals surface area contributed by atoms with Crippen LogP contribution in [0, 0.1) is 11.7 Å². The molecule has 0 aliphatic carbocycles. The van der Waals surface area contributed by atoms with Crippen molar-refractivity contribution in [1.29, 1.82) is 0 Å². The standard InChI is InChI=1S/C31H28FN3O4S2/c1-19(2)15-16-39-23-13-8-12-21(17-23)26-25(27(36)20-9-4-3-5-10-20)28(37)29(38)35(26)30-33-34-31(41-30)40-18-22-11-6-7-14-24(22)32/h3-14,17,19,26,36H,15-16,18H2,1-2H3. The van der Waals surface area contributed by atoms with Gasteiger partial charge in [0.15, 0.2) is 4.34 Å². The number of anilines is 1. The first-order valence-electron chi connectivity index (χ1n) is 13.1.